The monoisotopic (exact) mass is 261 g/mol. The van der Waals surface area contributed by atoms with E-state index in [1.165, 1.54) is 30.5 Å². The maximum Gasteiger partial charge on any atom is 0.0409 e. The summed E-state index contributed by atoms with van der Waals surface area (Å²) in [5.74, 6) is 0. The molecule has 1 aliphatic carbocycles. The van der Waals surface area contributed by atoms with E-state index in [2.05, 4.69) is 60.5 Å². The Kier molecular flexibility index (Phi) is 4.48. The molecule has 1 fully saturated rings. The van der Waals surface area contributed by atoms with Crippen LogP contribution in [0.4, 0.5) is 5.69 Å². The second-order valence-corrected chi connectivity index (χ2v) is 5.99. The Bertz CT molecular complexity index is 410. The molecule has 106 valence electrons. The van der Waals surface area contributed by atoms with Crippen molar-refractivity contribution in [2.75, 3.05) is 39.6 Å². The van der Waals surface area contributed by atoms with E-state index in [1.54, 1.807) is 0 Å². The van der Waals surface area contributed by atoms with E-state index in [0.717, 1.165) is 13.1 Å². The van der Waals surface area contributed by atoms with Crippen LogP contribution in [-0.4, -0.2) is 45.2 Å². The topological polar surface area (TPSA) is 18.5 Å². The molecule has 0 unspecified atom stereocenters. The van der Waals surface area contributed by atoms with Crippen LogP contribution in [-0.2, 0) is 6.54 Å². The van der Waals surface area contributed by atoms with Gasteiger partial charge in [0.1, 0.15) is 0 Å². The van der Waals surface area contributed by atoms with E-state index in [9.17, 15) is 0 Å². The van der Waals surface area contributed by atoms with Crippen LogP contribution < -0.4 is 10.2 Å². The Morgan fingerprint density at radius 3 is 2.37 bits per heavy atom. The number of anilines is 1. The molecule has 3 nitrogen and oxygen atoms in total. The Morgan fingerprint density at radius 2 is 1.84 bits per heavy atom. The minimum absolute atomic E-state index is 0.376. The molecule has 1 aromatic rings. The van der Waals surface area contributed by atoms with Gasteiger partial charge in [-0.2, -0.15) is 0 Å². The maximum atomic E-state index is 3.26. The molecule has 0 aromatic heterocycles. The molecular weight excluding hydrogens is 234 g/mol. The van der Waals surface area contributed by atoms with Gasteiger partial charge in [0.2, 0.25) is 0 Å². The molecule has 1 aliphatic rings. The van der Waals surface area contributed by atoms with Crippen LogP contribution in [0.15, 0.2) is 24.3 Å². The molecule has 0 atom stereocenters. The second kappa shape index (κ2) is 5.93. The van der Waals surface area contributed by atoms with Crippen LogP contribution in [0.5, 0.6) is 0 Å². The van der Waals surface area contributed by atoms with E-state index in [0.29, 0.717) is 5.54 Å². The third-order valence-corrected chi connectivity index (χ3v) is 4.53. The fourth-order valence-corrected chi connectivity index (χ4v) is 3.08. The lowest BCUT2D eigenvalue weighted by Gasteiger charge is -2.49. The highest BCUT2D eigenvalue weighted by molar-refractivity contribution is 5.53. The molecule has 0 heterocycles. The average molecular weight is 261 g/mol. The molecule has 1 saturated carbocycles. The average Bonchev–Trinajstić information content (AvgIpc) is 2.34. The number of hydrogen-bond donors (Lipinski definition) is 1. The van der Waals surface area contributed by atoms with E-state index >= 15 is 0 Å². The molecule has 3 heteroatoms. The van der Waals surface area contributed by atoms with E-state index in [1.807, 2.05) is 7.05 Å². The number of nitrogens with one attached hydrogen (secondary N) is 1. The Balaban J connectivity index is 2.13. The summed E-state index contributed by atoms with van der Waals surface area (Å²) >= 11 is 0. The van der Waals surface area contributed by atoms with Crippen molar-refractivity contribution in [3.05, 3.63) is 29.8 Å². The van der Waals surface area contributed by atoms with Crippen molar-refractivity contribution in [1.82, 2.24) is 10.2 Å². The summed E-state index contributed by atoms with van der Waals surface area (Å²) in [5, 5.41) is 3.26. The number of benzene rings is 1. The molecular formula is C16H27N3. The predicted molar refractivity (Wildman–Crippen MR) is 82.7 cm³/mol. The van der Waals surface area contributed by atoms with E-state index in [4.69, 9.17) is 0 Å². The van der Waals surface area contributed by atoms with Gasteiger partial charge in [0.05, 0.1) is 0 Å². The van der Waals surface area contributed by atoms with Gasteiger partial charge in [-0.1, -0.05) is 18.2 Å². The summed E-state index contributed by atoms with van der Waals surface area (Å²) < 4.78 is 0. The Morgan fingerprint density at radius 1 is 1.16 bits per heavy atom. The summed E-state index contributed by atoms with van der Waals surface area (Å²) in [7, 11) is 8.65. The SMILES string of the molecule is CNCc1ccccc1N(C)CC1(N(C)C)CCC1. The molecule has 0 saturated heterocycles. The lowest BCUT2D eigenvalue weighted by Crippen LogP contribution is -2.56. The zero-order valence-electron chi connectivity index (χ0n) is 12.7. The molecule has 0 radical (unpaired) electrons. The Hall–Kier alpha value is -1.06. The smallest absolute Gasteiger partial charge is 0.0409 e. The first-order valence-electron chi connectivity index (χ1n) is 7.20. The summed E-state index contributed by atoms with van der Waals surface area (Å²) in [6.45, 7) is 2.04. The molecule has 1 aromatic carbocycles. The van der Waals surface area contributed by atoms with Crippen LogP contribution in [0.3, 0.4) is 0 Å². The van der Waals surface area contributed by atoms with Crippen molar-refractivity contribution in [1.29, 1.82) is 0 Å². The van der Waals surface area contributed by atoms with Gasteiger partial charge < -0.3 is 15.1 Å². The summed E-state index contributed by atoms with van der Waals surface area (Å²) in [5.41, 5.74) is 3.10. The maximum absolute atomic E-state index is 3.26. The minimum Gasteiger partial charge on any atom is -0.372 e. The molecule has 0 aliphatic heterocycles. The molecule has 0 spiro atoms. The van der Waals surface area contributed by atoms with Gasteiger partial charge in [-0.15, -0.1) is 0 Å². The van der Waals surface area contributed by atoms with Gasteiger partial charge in [-0.25, -0.2) is 0 Å². The van der Waals surface area contributed by atoms with Gasteiger partial charge in [0, 0.05) is 31.4 Å². The molecule has 0 amide bonds. The normalized spacial score (nSPS) is 17.3. The van der Waals surface area contributed by atoms with Crippen molar-refractivity contribution in [2.45, 2.75) is 31.3 Å². The first-order valence-corrected chi connectivity index (χ1v) is 7.20. The number of hydrogen-bond acceptors (Lipinski definition) is 3. The summed E-state index contributed by atoms with van der Waals surface area (Å²) in [6, 6.07) is 8.70. The van der Waals surface area contributed by atoms with Crippen molar-refractivity contribution in [3.63, 3.8) is 0 Å². The standard InChI is InChI=1S/C16H27N3/c1-17-12-14-8-5-6-9-15(14)19(4)13-16(18(2)3)10-7-11-16/h5-6,8-9,17H,7,10-13H2,1-4H3. The van der Waals surface area contributed by atoms with Crippen molar-refractivity contribution >= 4 is 5.69 Å². The number of likely N-dealkylation sites (N-methyl/N-ethyl adjacent to an activating group) is 2. The highest BCUT2D eigenvalue weighted by Crippen LogP contribution is 2.37. The third-order valence-electron chi connectivity index (χ3n) is 4.53. The minimum atomic E-state index is 0.376. The lowest BCUT2D eigenvalue weighted by molar-refractivity contribution is 0.0683. The van der Waals surface area contributed by atoms with Gasteiger partial charge in [0.15, 0.2) is 0 Å². The fourth-order valence-electron chi connectivity index (χ4n) is 3.08. The summed E-state index contributed by atoms with van der Waals surface area (Å²) in [6.07, 6.45) is 4.00. The number of rotatable bonds is 6. The van der Waals surface area contributed by atoms with Gasteiger partial charge in [-0.3, -0.25) is 0 Å². The van der Waals surface area contributed by atoms with Gasteiger partial charge >= 0.3 is 0 Å². The predicted octanol–water partition coefficient (Wildman–Crippen LogP) is 2.33. The van der Waals surface area contributed by atoms with Crippen LogP contribution in [0.2, 0.25) is 0 Å². The first-order chi connectivity index (χ1) is 9.09. The van der Waals surface area contributed by atoms with Crippen LogP contribution in [0.25, 0.3) is 0 Å². The van der Waals surface area contributed by atoms with Crippen LogP contribution in [0, 0.1) is 0 Å². The Labute approximate surface area is 117 Å². The highest BCUT2D eigenvalue weighted by Gasteiger charge is 2.40. The third kappa shape index (κ3) is 2.93. The van der Waals surface area contributed by atoms with Crippen molar-refractivity contribution < 1.29 is 0 Å². The molecule has 0 bridgehead atoms. The van der Waals surface area contributed by atoms with Crippen molar-refractivity contribution in [2.24, 2.45) is 0 Å². The largest absolute Gasteiger partial charge is 0.372 e. The quantitative estimate of drug-likeness (QED) is 0.848. The second-order valence-electron chi connectivity index (χ2n) is 5.99. The molecule has 1 N–H and O–H groups in total. The van der Waals surface area contributed by atoms with Gasteiger partial charge in [-0.05, 0) is 52.0 Å². The van der Waals surface area contributed by atoms with Crippen LogP contribution in [0.1, 0.15) is 24.8 Å². The lowest BCUT2D eigenvalue weighted by atomic mass is 9.75. The first kappa shape index (κ1) is 14.4. The van der Waals surface area contributed by atoms with Gasteiger partial charge in [0.25, 0.3) is 0 Å². The molecule has 2 rings (SSSR count). The van der Waals surface area contributed by atoms with Crippen molar-refractivity contribution in [3.8, 4) is 0 Å². The van der Waals surface area contributed by atoms with Crippen LogP contribution >= 0.6 is 0 Å². The number of para-hydroxylation sites is 1. The fraction of sp³-hybridized carbons (Fsp3) is 0.625. The summed E-state index contributed by atoms with van der Waals surface area (Å²) in [4.78, 5) is 4.83. The zero-order valence-corrected chi connectivity index (χ0v) is 12.7. The highest BCUT2D eigenvalue weighted by atomic mass is 15.2. The number of nitrogens with zero attached hydrogens (tertiary/aromatic N) is 2. The molecule has 19 heavy (non-hydrogen) atoms. The zero-order chi connectivity index (χ0) is 13.9. The van der Waals surface area contributed by atoms with E-state index < -0.39 is 0 Å². The van der Waals surface area contributed by atoms with E-state index in [-0.39, 0.29) is 0 Å².